The van der Waals surface area contributed by atoms with Crippen LogP contribution < -0.4 is 5.73 Å². The monoisotopic (exact) mass is 252 g/mol. The van der Waals surface area contributed by atoms with Gasteiger partial charge in [0.2, 0.25) is 0 Å². The van der Waals surface area contributed by atoms with Gasteiger partial charge in [-0.3, -0.25) is 4.90 Å². The number of hydrogen-bond acceptors (Lipinski definition) is 2. The summed E-state index contributed by atoms with van der Waals surface area (Å²) in [6, 6.07) is 1.43. The van der Waals surface area contributed by atoms with Crippen molar-refractivity contribution in [1.82, 2.24) is 4.90 Å². The van der Waals surface area contributed by atoms with Gasteiger partial charge in [-0.1, -0.05) is 38.5 Å². The average molecular weight is 252 g/mol. The van der Waals surface area contributed by atoms with E-state index in [1.807, 2.05) is 0 Å². The van der Waals surface area contributed by atoms with Crippen LogP contribution in [0.5, 0.6) is 0 Å². The normalized spacial score (nSPS) is 30.7. The molecule has 2 atom stereocenters. The molecule has 18 heavy (non-hydrogen) atoms. The average Bonchev–Trinajstić information content (AvgIpc) is 2.34. The van der Waals surface area contributed by atoms with Gasteiger partial charge in [-0.05, 0) is 45.1 Å². The van der Waals surface area contributed by atoms with Crippen LogP contribution in [0.15, 0.2) is 0 Å². The second-order valence-corrected chi connectivity index (χ2v) is 6.49. The maximum Gasteiger partial charge on any atom is 0.0249 e. The molecule has 2 rings (SSSR count). The van der Waals surface area contributed by atoms with Gasteiger partial charge in [0.15, 0.2) is 0 Å². The minimum absolute atomic E-state index is 0.665. The molecule has 1 saturated carbocycles. The van der Waals surface area contributed by atoms with Crippen molar-refractivity contribution in [3.8, 4) is 0 Å². The summed E-state index contributed by atoms with van der Waals surface area (Å²) in [5, 5.41) is 0. The zero-order valence-electron chi connectivity index (χ0n) is 12.2. The van der Waals surface area contributed by atoms with E-state index in [4.69, 9.17) is 5.73 Å². The maximum absolute atomic E-state index is 6.15. The summed E-state index contributed by atoms with van der Waals surface area (Å²) in [4.78, 5) is 2.75. The Kier molecular flexibility index (Phi) is 5.97. The SMILES string of the molecule is CC1CCCCN1C(CN)C1CCCCCCC1. The maximum atomic E-state index is 6.15. The van der Waals surface area contributed by atoms with Gasteiger partial charge < -0.3 is 5.73 Å². The first kappa shape index (κ1) is 14.3. The van der Waals surface area contributed by atoms with Gasteiger partial charge in [0, 0.05) is 18.6 Å². The Morgan fingerprint density at radius 1 is 0.944 bits per heavy atom. The molecule has 0 aromatic carbocycles. The van der Waals surface area contributed by atoms with Crippen molar-refractivity contribution < 1.29 is 0 Å². The molecule has 0 spiro atoms. The molecule has 0 amide bonds. The van der Waals surface area contributed by atoms with Gasteiger partial charge >= 0.3 is 0 Å². The third-order valence-electron chi connectivity index (χ3n) is 5.22. The van der Waals surface area contributed by atoms with Crippen LogP contribution in [0.25, 0.3) is 0 Å². The molecule has 0 radical (unpaired) electrons. The van der Waals surface area contributed by atoms with E-state index < -0.39 is 0 Å². The van der Waals surface area contributed by atoms with Gasteiger partial charge in [-0.25, -0.2) is 0 Å². The van der Waals surface area contributed by atoms with Crippen molar-refractivity contribution in [1.29, 1.82) is 0 Å². The van der Waals surface area contributed by atoms with Crippen LogP contribution in [0, 0.1) is 5.92 Å². The minimum Gasteiger partial charge on any atom is -0.329 e. The highest BCUT2D eigenvalue weighted by Crippen LogP contribution is 2.30. The Labute approximate surface area is 113 Å². The molecule has 1 aliphatic heterocycles. The molecular weight excluding hydrogens is 220 g/mol. The fourth-order valence-electron chi connectivity index (χ4n) is 4.08. The number of hydrogen-bond donors (Lipinski definition) is 1. The van der Waals surface area contributed by atoms with Crippen molar-refractivity contribution in [2.45, 2.75) is 83.2 Å². The molecular formula is C16H32N2. The molecule has 1 saturated heterocycles. The van der Waals surface area contributed by atoms with E-state index in [9.17, 15) is 0 Å². The fourth-order valence-corrected chi connectivity index (χ4v) is 4.08. The third kappa shape index (κ3) is 3.71. The lowest BCUT2D eigenvalue weighted by molar-refractivity contribution is 0.0644. The third-order valence-corrected chi connectivity index (χ3v) is 5.22. The number of piperidine rings is 1. The highest BCUT2D eigenvalue weighted by molar-refractivity contribution is 4.86. The molecule has 2 aliphatic rings. The number of nitrogens with two attached hydrogens (primary N) is 1. The Hall–Kier alpha value is -0.0800. The summed E-state index contributed by atoms with van der Waals surface area (Å²) >= 11 is 0. The van der Waals surface area contributed by atoms with E-state index >= 15 is 0 Å². The molecule has 2 heteroatoms. The molecule has 1 aliphatic carbocycles. The summed E-state index contributed by atoms with van der Waals surface area (Å²) < 4.78 is 0. The van der Waals surface area contributed by atoms with E-state index in [0.717, 1.165) is 18.5 Å². The Balaban J connectivity index is 1.96. The van der Waals surface area contributed by atoms with E-state index in [1.165, 1.54) is 70.8 Å². The second kappa shape index (κ2) is 7.49. The zero-order valence-corrected chi connectivity index (χ0v) is 12.2. The summed E-state index contributed by atoms with van der Waals surface area (Å²) in [7, 11) is 0. The van der Waals surface area contributed by atoms with Crippen molar-refractivity contribution in [3.63, 3.8) is 0 Å². The number of nitrogens with zero attached hydrogens (tertiary/aromatic N) is 1. The molecule has 0 aromatic rings. The number of likely N-dealkylation sites (tertiary alicyclic amines) is 1. The first-order chi connectivity index (χ1) is 8.83. The Morgan fingerprint density at radius 2 is 1.56 bits per heavy atom. The molecule has 2 fully saturated rings. The van der Waals surface area contributed by atoms with E-state index in [-0.39, 0.29) is 0 Å². The zero-order chi connectivity index (χ0) is 12.8. The van der Waals surface area contributed by atoms with Gasteiger partial charge in [-0.15, -0.1) is 0 Å². The van der Waals surface area contributed by atoms with E-state index in [2.05, 4.69) is 11.8 Å². The van der Waals surface area contributed by atoms with Gasteiger partial charge in [0.25, 0.3) is 0 Å². The lowest BCUT2D eigenvalue weighted by Crippen LogP contribution is -2.51. The minimum atomic E-state index is 0.665. The summed E-state index contributed by atoms with van der Waals surface area (Å²) in [6.45, 7) is 4.57. The largest absolute Gasteiger partial charge is 0.329 e. The molecule has 2 nitrogen and oxygen atoms in total. The van der Waals surface area contributed by atoms with Crippen LogP contribution in [-0.4, -0.2) is 30.1 Å². The summed E-state index contributed by atoms with van der Waals surface area (Å²) in [6.07, 6.45) is 14.2. The van der Waals surface area contributed by atoms with Crippen LogP contribution in [0.1, 0.15) is 71.1 Å². The first-order valence-electron chi connectivity index (χ1n) is 8.28. The topological polar surface area (TPSA) is 29.3 Å². The van der Waals surface area contributed by atoms with Gasteiger partial charge in [0.05, 0.1) is 0 Å². The van der Waals surface area contributed by atoms with Crippen molar-refractivity contribution in [2.75, 3.05) is 13.1 Å². The molecule has 106 valence electrons. The van der Waals surface area contributed by atoms with Crippen molar-refractivity contribution in [2.24, 2.45) is 11.7 Å². The van der Waals surface area contributed by atoms with E-state index in [0.29, 0.717) is 6.04 Å². The summed E-state index contributed by atoms with van der Waals surface area (Å²) in [5.41, 5.74) is 6.15. The van der Waals surface area contributed by atoms with Crippen molar-refractivity contribution >= 4 is 0 Å². The van der Waals surface area contributed by atoms with Crippen LogP contribution in [-0.2, 0) is 0 Å². The van der Waals surface area contributed by atoms with Crippen LogP contribution in [0.3, 0.4) is 0 Å². The predicted octanol–water partition coefficient (Wildman–Crippen LogP) is 3.55. The first-order valence-corrected chi connectivity index (χ1v) is 8.28. The quantitative estimate of drug-likeness (QED) is 0.832. The van der Waals surface area contributed by atoms with Crippen molar-refractivity contribution in [3.05, 3.63) is 0 Å². The van der Waals surface area contributed by atoms with Crippen LogP contribution in [0.4, 0.5) is 0 Å². The molecule has 2 unspecified atom stereocenters. The molecule has 2 N–H and O–H groups in total. The highest BCUT2D eigenvalue weighted by Gasteiger charge is 2.30. The Bertz CT molecular complexity index is 221. The lowest BCUT2D eigenvalue weighted by Gasteiger charge is -2.43. The lowest BCUT2D eigenvalue weighted by atomic mass is 9.83. The van der Waals surface area contributed by atoms with Crippen LogP contribution in [0.2, 0.25) is 0 Å². The van der Waals surface area contributed by atoms with E-state index in [1.54, 1.807) is 0 Å². The number of rotatable bonds is 3. The molecule has 1 heterocycles. The second-order valence-electron chi connectivity index (χ2n) is 6.49. The Morgan fingerprint density at radius 3 is 2.17 bits per heavy atom. The van der Waals surface area contributed by atoms with Gasteiger partial charge in [-0.2, -0.15) is 0 Å². The molecule has 0 bridgehead atoms. The molecule has 0 aromatic heterocycles. The predicted molar refractivity (Wildman–Crippen MR) is 78.7 cm³/mol. The smallest absolute Gasteiger partial charge is 0.0249 e. The standard InChI is InChI=1S/C16H32N2/c1-14-9-7-8-12-18(14)16(13-17)15-10-5-3-2-4-6-11-15/h14-16H,2-13,17H2,1H3. The van der Waals surface area contributed by atoms with Gasteiger partial charge in [0.1, 0.15) is 0 Å². The van der Waals surface area contributed by atoms with Crippen LogP contribution >= 0.6 is 0 Å². The summed E-state index contributed by atoms with van der Waals surface area (Å²) in [5.74, 6) is 0.871. The highest BCUT2D eigenvalue weighted by atomic mass is 15.2. The fraction of sp³-hybridized carbons (Fsp3) is 1.00.